The molecule has 0 bridgehead atoms. The zero-order chi connectivity index (χ0) is 21.7. The molecule has 1 fully saturated rings. The molecule has 158 valence electrons. The number of methoxy groups -OCH3 is 1. The van der Waals surface area contributed by atoms with Gasteiger partial charge in [0.15, 0.2) is 5.11 Å². The molecular formula is C19H19BrN4O5S. The zero-order valence-electron chi connectivity index (χ0n) is 16.0. The highest BCUT2D eigenvalue weighted by atomic mass is 79.9. The summed E-state index contributed by atoms with van der Waals surface area (Å²) in [5.74, 6) is -0.0749. The minimum absolute atomic E-state index is 0.00968. The van der Waals surface area contributed by atoms with Crippen LogP contribution < -0.4 is 20.3 Å². The van der Waals surface area contributed by atoms with E-state index in [1.165, 1.54) is 13.2 Å². The monoisotopic (exact) mass is 494 g/mol. The summed E-state index contributed by atoms with van der Waals surface area (Å²) in [5.41, 5.74) is 1.15. The van der Waals surface area contributed by atoms with Crippen molar-refractivity contribution in [3.05, 3.63) is 56.5 Å². The first kappa shape index (κ1) is 21.9. The van der Waals surface area contributed by atoms with Crippen LogP contribution in [-0.2, 0) is 4.74 Å². The van der Waals surface area contributed by atoms with Crippen molar-refractivity contribution >= 4 is 56.2 Å². The SMILES string of the molecule is COc1ccc(Br)cc1C(=O)NC(=S)Nc1ccc(N2CCOCC2)c([N+](=O)[O-])c1. The number of hydrogen-bond donors (Lipinski definition) is 2. The molecule has 0 atom stereocenters. The van der Waals surface area contributed by atoms with E-state index in [9.17, 15) is 14.9 Å². The van der Waals surface area contributed by atoms with Gasteiger partial charge < -0.3 is 19.7 Å². The molecule has 3 rings (SSSR count). The Bertz CT molecular complexity index is 981. The number of nitro benzene ring substituents is 1. The van der Waals surface area contributed by atoms with Crippen molar-refractivity contribution in [1.29, 1.82) is 0 Å². The fourth-order valence-electron chi connectivity index (χ4n) is 3.01. The minimum Gasteiger partial charge on any atom is -0.496 e. The third-order valence-electron chi connectivity index (χ3n) is 4.41. The van der Waals surface area contributed by atoms with E-state index in [-0.39, 0.29) is 10.8 Å². The maximum absolute atomic E-state index is 12.5. The van der Waals surface area contributed by atoms with E-state index in [0.717, 1.165) is 0 Å². The number of amides is 1. The van der Waals surface area contributed by atoms with Gasteiger partial charge in [0, 0.05) is 29.3 Å². The molecule has 2 aromatic carbocycles. The summed E-state index contributed by atoms with van der Waals surface area (Å²) in [7, 11) is 1.46. The second-order valence-corrected chi connectivity index (χ2v) is 7.64. The molecule has 2 aromatic rings. The normalized spacial score (nSPS) is 13.5. The molecule has 30 heavy (non-hydrogen) atoms. The molecular weight excluding hydrogens is 476 g/mol. The van der Waals surface area contributed by atoms with Gasteiger partial charge in [-0.1, -0.05) is 15.9 Å². The number of rotatable bonds is 5. The first-order chi connectivity index (χ1) is 14.4. The number of ether oxygens (including phenoxy) is 2. The summed E-state index contributed by atoms with van der Waals surface area (Å²) in [4.78, 5) is 25.6. The summed E-state index contributed by atoms with van der Waals surface area (Å²) in [6.45, 7) is 2.20. The molecule has 0 spiro atoms. The first-order valence-corrected chi connectivity index (χ1v) is 10.2. The predicted molar refractivity (Wildman–Crippen MR) is 121 cm³/mol. The minimum atomic E-state index is -0.468. The lowest BCUT2D eigenvalue weighted by molar-refractivity contribution is -0.384. The molecule has 2 N–H and O–H groups in total. The topological polar surface area (TPSA) is 106 Å². The van der Waals surface area contributed by atoms with E-state index in [1.54, 1.807) is 30.3 Å². The fraction of sp³-hybridized carbons (Fsp3) is 0.263. The molecule has 0 radical (unpaired) electrons. The van der Waals surface area contributed by atoms with Gasteiger partial charge in [-0.25, -0.2) is 0 Å². The van der Waals surface area contributed by atoms with Gasteiger partial charge in [0.2, 0.25) is 0 Å². The molecule has 0 unspecified atom stereocenters. The standard InChI is InChI=1S/C19H19BrN4O5S/c1-28-17-5-2-12(20)10-14(17)18(25)22-19(30)21-13-3-4-15(16(11-13)24(26)27)23-6-8-29-9-7-23/h2-5,10-11H,6-9H2,1H3,(H2,21,22,25,30). The number of nitrogens with one attached hydrogen (secondary N) is 2. The number of nitrogens with zero attached hydrogens (tertiary/aromatic N) is 2. The van der Waals surface area contributed by atoms with E-state index in [1.807, 2.05) is 4.90 Å². The number of hydrogen-bond acceptors (Lipinski definition) is 7. The molecule has 0 aliphatic carbocycles. The average Bonchev–Trinajstić information content (AvgIpc) is 2.74. The third kappa shape index (κ3) is 5.23. The van der Waals surface area contributed by atoms with Gasteiger partial charge in [0.05, 0.1) is 30.8 Å². The smallest absolute Gasteiger partial charge is 0.294 e. The number of carbonyl (C=O) groups excluding carboxylic acids is 1. The van der Waals surface area contributed by atoms with Crippen LogP contribution in [0.25, 0.3) is 0 Å². The van der Waals surface area contributed by atoms with Crippen molar-refractivity contribution in [2.45, 2.75) is 0 Å². The lowest BCUT2D eigenvalue weighted by Gasteiger charge is -2.28. The summed E-state index contributed by atoms with van der Waals surface area (Å²) >= 11 is 8.51. The Kier molecular flexibility index (Phi) is 7.19. The predicted octanol–water partition coefficient (Wildman–Crippen LogP) is 3.33. The van der Waals surface area contributed by atoms with Crippen molar-refractivity contribution in [3.63, 3.8) is 0 Å². The molecule has 1 amide bonds. The second-order valence-electron chi connectivity index (χ2n) is 6.31. The van der Waals surface area contributed by atoms with Crippen LogP contribution in [0.2, 0.25) is 0 Å². The van der Waals surface area contributed by atoms with Crippen LogP contribution in [0.5, 0.6) is 5.75 Å². The van der Waals surface area contributed by atoms with Gasteiger partial charge in [-0.05, 0) is 42.5 Å². The first-order valence-electron chi connectivity index (χ1n) is 8.96. The number of morpholine rings is 1. The number of nitro groups is 1. The average molecular weight is 495 g/mol. The van der Waals surface area contributed by atoms with E-state index in [2.05, 4.69) is 26.6 Å². The maximum Gasteiger partial charge on any atom is 0.294 e. The van der Waals surface area contributed by atoms with Crippen LogP contribution in [0, 0.1) is 10.1 Å². The van der Waals surface area contributed by atoms with Crippen LogP contribution in [0.3, 0.4) is 0 Å². The van der Waals surface area contributed by atoms with Gasteiger partial charge in [-0.3, -0.25) is 20.2 Å². The van der Waals surface area contributed by atoms with E-state index < -0.39 is 10.8 Å². The highest BCUT2D eigenvalue weighted by Gasteiger charge is 2.22. The molecule has 9 nitrogen and oxygen atoms in total. The summed E-state index contributed by atoms with van der Waals surface area (Å²) < 4.78 is 11.2. The van der Waals surface area contributed by atoms with Crippen molar-refractivity contribution in [2.24, 2.45) is 0 Å². The molecule has 1 saturated heterocycles. The Hall–Kier alpha value is -2.76. The second kappa shape index (κ2) is 9.83. The molecule has 11 heteroatoms. The zero-order valence-corrected chi connectivity index (χ0v) is 18.4. The van der Waals surface area contributed by atoms with Crippen LogP contribution in [0.4, 0.5) is 17.1 Å². The van der Waals surface area contributed by atoms with E-state index in [4.69, 9.17) is 21.7 Å². The lowest BCUT2D eigenvalue weighted by Crippen LogP contribution is -2.36. The molecule has 0 saturated carbocycles. The fourth-order valence-corrected chi connectivity index (χ4v) is 3.58. The van der Waals surface area contributed by atoms with Gasteiger partial charge in [-0.2, -0.15) is 0 Å². The number of anilines is 2. The Morgan fingerprint density at radius 2 is 2.00 bits per heavy atom. The highest BCUT2D eigenvalue weighted by Crippen LogP contribution is 2.31. The van der Waals surface area contributed by atoms with E-state index in [0.29, 0.717) is 53.5 Å². The van der Waals surface area contributed by atoms with Crippen LogP contribution >= 0.6 is 28.1 Å². The van der Waals surface area contributed by atoms with Gasteiger partial charge in [0.1, 0.15) is 11.4 Å². The summed E-state index contributed by atoms with van der Waals surface area (Å²) in [6, 6.07) is 9.75. The molecule has 1 heterocycles. The number of carbonyl (C=O) groups is 1. The Morgan fingerprint density at radius 3 is 2.67 bits per heavy atom. The Balaban J connectivity index is 1.73. The summed E-state index contributed by atoms with van der Waals surface area (Å²) in [6.07, 6.45) is 0. The quantitative estimate of drug-likeness (QED) is 0.370. The Morgan fingerprint density at radius 1 is 1.27 bits per heavy atom. The number of halogens is 1. The van der Waals surface area contributed by atoms with Crippen LogP contribution in [0.15, 0.2) is 40.9 Å². The third-order valence-corrected chi connectivity index (χ3v) is 5.11. The lowest BCUT2D eigenvalue weighted by atomic mass is 10.2. The van der Waals surface area contributed by atoms with Gasteiger partial charge in [0.25, 0.3) is 11.6 Å². The largest absolute Gasteiger partial charge is 0.496 e. The molecule has 1 aliphatic heterocycles. The number of benzene rings is 2. The summed E-state index contributed by atoms with van der Waals surface area (Å²) in [5, 5.41) is 17.0. The Labute approximate surface area is 186 Å². The number of thiocarbonyl (C=S) groups is 1. The van der Waals surface area contributed by atoms with Crippen molar-refractivity contribution in [2.75, 3.05) is 43.6 Å². The van der Waals surface area contributed by atoms with Gasteiger partial charge >= 0.3 is 0 Å². The van der Waals surface area contributed by atoms with Crippen molar-refractivity contribution < 1.29 is 19.2 Å². The van der Waals surface area contributed by atoms with Crippen molar-refractivity contribution in [3.8, 4) is 5.75 Å². The molecule has 1 aliphatic rings. The van der Waals surface area contributed by atoms with Crippen LogP contribution in [-0.4, -0.2) is 49.4 Å². The van der Waals surface area contributed by atoms with Gasteiger partial charge in [-0.15, -0.1) is 0 Å². The maximum atomic E-state index is 12.5. The van der Waals surface area contributed by atoms with E-state index >= 15 is 0 Å². The highest BCUT2D eigenvalue weighted by molar-refractivity contribution is 9.10. The molecule has 0 aromatic heterocycles. The van der Waals surface area contributed by atoms with Crippen LogP contribution in [0.1, 0.15) is 10.4 Å². The van der Waals surface area contributed by atoms with Crippen molar-refractivity contribution in [1.82, 2.24) is 5.32 Å².